The fourth-order valence-corrected chi connectivity index (χ4v) is 4.35. The molecule has 1 aromatic heterocycles. The summed E-state index contributed by atoms with van der Waals surface area (Å²) in [6.45, 7) is 11.6. The maximum absolute atomic E-state index is 10.6. The number of hydrogen-bond donors (Lipinski definition) is 3. The number of fused-ring (bicyclic) bond motifs is 1. The normalized spacial score (nSPS) is 19.4. The second-order valence-corrected chi connectivity index (χ2v) is 9.90. The number of carboxylic acid groups (broad SMARTS) is 3. The predicted octanol–water partition coefficient (Wildman–Crippen LogP) is 4.66. The van der Waals surface area contributed by atoms with E-state index in [2.05, 4.69) is 40.9 Å². The van der Waals surface area contributed by atoms with Crippen molar-refractivity contribution in [1.82, 2.24) is 14.8 Å². The van der Waals surface area contributed by atoms with Gasteiger partial charge in [0.2, 0.25) is 0 Å². The van der Waals surface area contributed by atoms with Gasteiger partial charge in [-0.3, -0.25) is 9.80 Å². The van der Waals surface area contributed by atoms with Crippen molar-refractivity contribution in [3.63, 3.8) is 0 Å². The number of rotatable bonds is 4. The van der Waals surface area contributed by atoms with Crippen molar-refractivity contribution < 1.29 is 69.2 Å². The van der Waals surface area contributed by atoms with Crippen LogP contribution in [0.1, 0.15) is 37.4 Å². The molecule has 1 aromatic rings. The number of thiazole rings is 1. The lowest BCUT2D eigenvalue weighted by Gasteiger charge is -2.26. The quantitative estimate of drug-likeness (QED) is 0.411. The van der Waals surface area contributed by atoms with Gasteiger partial charge in [0.25, 0.3) is 0 Å². The first-order valence-corrected chi connectivity index (χ1v) is 12.1. The van der Waals surface area contributed by atoms with Crippen LogP contribution in [0, 0.1) is 12.8 Å². The van der Waals surface area contributed by atoms with Crippen molar-refractivity contribution in [3.8, 4) is 0 Å². The van der Waals surface area contributed by atoms with Crippen LogP contribution >= 0.6 is 11.3 Å². The molecule has 0 aliphatic carbocycles. The minimum Gasteiger partial charge on any atom is -0.475 e. The van der Waals surface area contributed by atoms with Crippen molar-refractivity contribution >= 4 is 29.2 Å². The highest BCUT2D eigenvalue weighted by molar-refractivity contribution is 7.09. The summed E-state index contributed by atoms with van der Waals surface area (Å²) in [6.07, 6.45) is -12.6. The van der Waals surface area contributed by atoms with Crippen LogP contribution in [0.5, 0.6) is 0 Å². The molecule has 9 nitrogen and oxygen atoms in total. The summed E-state index contributed by atoms with van der Waals surface area (Å²) >= 11 is 1.77. The minimum absolute atomic E-state index is 0.778. The molecule has 0 amide bonds. The highest BCUT2D eigenvalue weighted by Gasteiger charge is 2.42. The first kappa shape index (κ1) is 37.3. The number of carbonyl (C=O) groups is 3. The van der Waals surface area contributed by atoms with Gasteiger partial charge >= 0.3 is 36.4 Å². The summed E-state index contributed by atoms with van der Waals surface area (Å²) < 4.78 is 95.2. The van der Waals surface area contributed by atoms with E-state index < -0.39 is 36.4 Å². The SMILES string of the molecule is Cc1nc(CN2CCC3C2CCN3CC(C)C)cs1.O=C(O)C(F)(F)F.O=C(O)C(F)(F)F.O=C(O)C(F)(F)F. The van der Waals surface area contributed by atoms with Crippen LogP contribution in [0.15, 0.2) is 5.38 Å². The zero-order chi connectivity index (χ0) is 31.6. The Morgan fingerprint density at radius 3 is 1.50 bits per heavy atom. The number of aromatic nitrogens is 1. The van der Waals surface area contributed by atoms with Gasteiger partial charge in [-0.05, 0) is 25.7 Å². The summed E-state index contributed by atoms with van der Waals surface area (Å²) in [7, 11) is 0. The van der Waals surface area contributed by atoms with Crippen LogP contribution in [-0.4, -0.2) is 98.3 Å². The summed E-state index contributed by atoms with van der Waals surface area (Å²) in [5.41, 5.74) is 1.27. The summed E-state index contributed by atoms with van der Waals surface area (Å²) in [5.74, 6) is -7.48. The fourth-order valence-electron chi connectivity index (χ4n) is 3.75. The first-order chi connectivity index (χ1) is 18.0. The number of aryl methyl sites for hydroxylation is 1. The molecule has 0 radical (unpaired) electrons. The molecule has 0 spiro atoms. The Morgan fingerprint density at radius 1 is 0.850 bits per heavy atom. The number of aliphatic carboxylic acids is 3. The van der Waals surface area contributed by atoms with Crippen LogP contribution in [0.4, 0.5) is 39.5 Å². The van der Waals surface area contributed by atoms with Crippen molar-refractivity contribution in [2.75, 3.05) is 19.6 Å². The molecule has 2 aliphatic heterocycles. The highest BCUT2D eigenvalue weighted by Crippen LogP contribution is 2.33. The Labute approximate surface area is 226 Å². The molecule has 0 bridgehead atoms. The number of alkyl halides is 9. The summed E-state index contributed by atoms with van der Waals surface area (Å²) in [5, 5.41) is 24.8. The van der Waals surface area contributed by atoms with Crippen molar-refractivity contribution in [3.05, 3.63) is 16.1 Å². The van der Waals surface area contributed by atoms with Gasteiger partial charge < -0.3 is 15.3 Å². The van der Waals surface area contributed by atoms with Gasteiger partial charge in [0.05, 0.1) is 10.7 Å². The number of hydrogen-bond acceptors (Lipinski definition) is 7. The standard InChI is InChI=1S/C15H25N3S.3C2HF3O2/c1-11(2)8-17-6-4-15-14(17)5-7-18(15)9-13-10-19-12(3)16-13;3*3-2(4,5)1(6)7/h10-11,14-15H,4-9H2,1-3H3;3*(H,6,7). The number of nitrogens with zero attached hydrogens (tertiary/aromatic N) is 3. The monoisotopic (exact) mass is 621 g/mol. The molecule has 0 saturated carbocycles. The van der Waals surface area contributed by atoms with E-state index in [4.69, 9.17) is 29.7 Å². The van der Waals surface area contributed by atoms with E-state index in [0.717, 1.165) is 24.5 Å². The molecule has 2 aliphatic rings. The van der Waals surface area contributed by atoms with Crippen LogP contribution in [0.3, 0.4) is 0 Å². The Balaban J connectivity index is 0.000000603. The average Bonchev–Trinajstić information content (AvgIpc) is 3.46. The fraction of sp³-hybridized carbons (Fsp3) is 0.714. The summed E-state index contributed by atoms with van der Waals surface area (Å²) in [4.78, 5) is 36.7. The Bertz CT molecular complexity index is 910. The maximum atomic E-state index is 10.6. The second kappa shape index (κ2) is 15.4. The highest BCUT2D eigenvalue weighted by atomic mass is 32.1. The molecule has 3 rings (SSSR count). The van der Waals surface area contributed by atoms with Crippen molar-refractivity contribution in [1.29, 1.82) is 0 Å². The second-order valence-electron chi connectivity index (χ2n) is 8.84. The van der Waals surface area contributed by atoms with Crippen molar-refractivity contribution in [2.24, 2.45) is 5.92 Å². The third-order valence-corrected chi connectivity index (χ3v) is 5.99. The minimum atomic E-state index is -5.08. The van der Waals surface area contributed by atoms with Crippen LogP contribution in [-0.2, 0) is 20.9 Å². The number of halogens is 9. The van der Waals surface area contributed by atoms with Gasteiger partial charge in [-0.2, -0.15) is 39.5 Å². The molecule has 3 N–H and O–H groups in total. The van der Waals surface area contributed by atoms with E-state index in [1.165, 1.54) is 43.2 Å². The molecule has 2 unspecified atom stereocenters. The smallest absolute Gasteiger partial charge is 0.475 e. The van der Waals surface area contributed by atoms with Crippen LogP contribution in [0.2, 0.25) is 0 Å². The largest absolute Gasteiger partial charge is 0.490 e. The molecule has 40 heavy (non-hydrogen) atoms. The lowest BCUT2D eigenvalue weighted by atomic mass is 10.1. The van der Waals surface area contributed by atoms with Crippen molar-refractivity contribution in [2.45, 2.75) is 70.8 Å². The van der Waals surface area contributed by atoms with E-state index in [1.807, 2.05) is 0 Å². The number of carboxylic acids is 3. The van der Waals surface area contributed by atoms with Gasteiger partial charge in [0.1, 0.15) is 0 Å². The van der Waals surface area contributed by atoms with E-state index >= 15 is 0 Å². The Morgan fingerprint density at radius 2 is 1.20 bits per heavy atom. The molecule has 232 valence electrons. The Kier molecular flexibility index (Phi) is 14.3. The van der Waals surface area contributed by atoms with Gasteiger partial charge in [0, 0.05) is 43.6 Å². The van der Waals surface area contributed by atoms with Gasteiger partial charge in [-0.25, -0.2) is 19.4 Å². The van der Waals surface area contributed by atoms with E-state index in [0.29, 0.717) is 0 Å². The molecule has 19 heteroatoms. The molecule has 2 fully saturated rings. The number of likely N-dealkylation sites (tertiary alicyclic amines) is 2. The van der Waals surface area contributed by atoms with E-state index in [9.17, 15) is 39.5 Å². The van der Waals surface area contributed by atoms with Gasteiger partial charge in [-0.15, -0.1) is 11.3 Å². The molecule has 3 heterocycles. The molecular formula is C21H28F9N3O6S. The zero-order valence-electron chi connectivity index (χ0n) is 21.3. The third kappa shape index (κ3) is 14.1. The molecule has 0 aromatic carbocycles. The molecule has 2 atom stereocenters. The van der Waals surface area contributed by atoms with Gasteiger partial charge in [-0.1, -0.05) is 13.8 Å². The third-order valence-electron chi connectivity index (χ3n) is 5.17. The predicted molar refractivity (Wildman–Crippen MR) is 122 cm³/mol. The first-order valence-electron chi connectivity index (χ1n) is 11.3. The van der Waals surface area contributed by atoms with Crippen LogP contribution in [0.25, 0.3) is 0 Å². The van der Waals surface area contributed by atoms with Crippen LogP contribution < -0.4 is 0 Å². The summed E-state index contributed by atoms with van der Waals surface area (Å²) in [6, 6.07) is 1.59. The zero-order valence-corrected chi connectivity index (χ0v) is 22.1. The van der Waals surface area contributed by atoms with E-state index in [1.54, 1.807) is 11.3 Å². The van der Waals surface area contributed by atoms with Gasteiger partial charge in [0.15, 0.2) is 0 Å². The molecular weight excluding hydrogens is 593 g/mol. The lowest BCUT2D eigenvalue weighted by molar-refractivity contribution is -0.193. The lowest BCUT2D eigenvalue weighted by Crippen LogP contribution is -2.37. The van der Waals surface area contributed by atoms with E-state index in [-0.39, 0.29) is 0 Å². The average molecular weight is 622 g/mol. The topological polar surface area (TPSA) is 131 Å². The Hall–Kier alpha value is -2.67. The maximum Gasteiger partial charge on any atom is 0.490 e. The molecule has 2 saturated heterocycles.